The molecule has 0 radical (unpaired) electrons. The zero-order valence-electron chi connectivity index (χ0n) is 8.91. The van der Waals surface area contributed by atoms with Gasteiger partial charge in [-0.3, -0.25) is 4.79 Å². The molecule has 0 aliphatic carbocycles. The largest absolute Gasteiger partial charge is 0.352 e. The van der Waals surface area contributed by atoms with Crippen LogP contribution in [0.2, 0.25) is 5.02 Å². The Hall–Kier alpha value is -0.770. The molecule has 16 heavy (non-hydrogen) atoms. The highest BCUT2D eigenvalue weighted by Gasteiger charge is 2.00. The highest BCUT2D eigenvalue weighted by Crippen LogP contribution is 2.10. The molecule has 3 nitrogen and oxygen atoms in total. The molecule has 90 valence electrons. The molecule has 0 saturated heterocycles. The number of halogens is 2. The molecule has 1 amide bonds. The Morgan fingerprint density at radius 1 is 1.44 bits per heavy atom. The van der Waals surface area contributed by atoms with Crippen LogP contribution >= 0.6 is 24.0 Å². The van der Waals surface area contributed by atoms with Crippen molar-refractivity contribution in [3.63, 3.8) is 0 Å². The first-order valence-electron chi connectivity index (χ1n) is 4.93. The molecule has 1 aromatic rings. The summed E-state index contributed by atoms with van der Waals surface area (Å²) in [6.07, 6.45) is 1.21. The highest BCUT2D eigenvalue weighted by molar-refractivity contribution is 6.30. The summed E-state index contributed by atoms with van der Waals surface area (Å²) < 4.78 is 0. The molecule has 1 aromatic carbocycles. The van der Waals surface area contributed by atoms with Gasteiger partial charge in [-0.2, -0.15) is 0 Å². The van der Waals surface area contributed by atoms with Crippen molar-refractivity contribution in [2.24, 2.45) is 5.73 Å². The summed E-state index contributed by atoms with van der Waals surface area (Å²) in [6.45, 7) is 1.06. The smallest absolute Gasteiger partial charge is 0.220 e. The lowest BCUT2D eigenvalue weighted by Crippen LogP contribution is -2.23. The number of hydrogen-bond acceptors (Lipinski definition) is 2. The number of amides is 1. The Kier molecular flexibility index (Phi) is 7.99. The third kappa shape index (κ3) is 5.95. The number of rotatable bonds is 5. The van der Waals surface area contributed by atoms with Gasteiger partial charge in [0.2, 0.25) is 5.91 Å². The van der Waals surface area contributed by atoms with Gasteiger partial charge >= 0.3 is 0 Å². The van der Waals surface area contributed by atoms with Crippen LogP contribution in [0, 0.1) is 0 Å². The predicted molar refractivity (Wildman–Crippen MR) is 68.8 cm³/mol. The molecule has 0 spiro atoms. The zero-order valence-corrected chi connectivity index (χ0v) is 10.5. The van der Waals surface area contributed by atoms with Crippen LogP contribution in [0.4, 0.5) is 0 Å². The first-order valence-corrected chi connectivity index (χ1v) is 5.31. The summed E-state index contributed by atoms with van der Waals surface area (Å²) in [7, 11) is 0. The van der Waals surface area contributed by atoms with Crippen LogP contribution in [-0.4, -0.2) is 12.5 Å². The Morgan fingerprint density at radius 2 is 2.19 bits per heavy atom. The van der Waals surface area contributed by atoms with Crippen LogP contribution in [0.1, 0.15) is 18.4 Å². The van der Waals surface area contributed by atoms with E-state index in [0.29, 0.717) is 24.5 Å². The van der Waals surface area contributed by atoms with Crippen LogP contribution in [0.15, 0.2) is 24.3 Å². The van der Waals surface area contributed by atoms with E-state index < -0.39 is 0 Å². The Morgan fingerprint density at radius 3 is 2.81 bits per heavy atom. The molecule has 0 fully saturated rings. The number of benzene rings is 1. The molecule has 0 aliphatic rings. The molecule has 5 heteroatoms. The molecule has 1 rings (SSSR count). The molecule has 0 bridgehead atoms. The minimum Gasteiger partial charge on any atom is -0.352 e. The van der Waals surface area contributed by atoms with Crippen molar-refractivity contribution in [3.05, 3.63) is 34.9 Å². The molecule has 0 aromatic heterocycles. The molecule has 0 unspecified atom stereocenters. The minimum absolute atomic E-state index is 0. The lowest BCUT2D eigenvalue weighted by Gasteiger charge is -2.04. The first kappa shape index (κ1) is 15.2. The fourth-order valence-electron chi connectivity index (χ4n) is 1.20. The molecular formula is C11H16Cl2N2O. The summed E-state index contributed by atoms with van der Waals surface area (Å²) in [5.74, 6) is 0.0282. The Labute approximate surface area is 107 Å². The van der Waals surface area contributed by atoms with Gasteiger partial charge in [-0.1, -0.05) is 23.7 Å². The van der Waals surface area contributed by atoms with Crippen LogP contribution < -0.4 is 11.1 Å². The van der Waals surface area contributed by atoms with E-state index in [4.69, 9.17) is 17.3 Å². The van der Waals surface area contributed by atoms with Gasteiger partial charge in [0.25, 0.3) is 0 Å². The van der Waals surface area contributed by atoms with E-state index in [0.717, 1.165) is 12.0 Å². The molecule has 0 atom stereocenters. The fraction of sp³-hybridized carbons (Fsp3) is 0.364. The van der Waals surface area contributed by atoms with E-state index in [9.17, 15) is 4.79 Å². The topological polar surface area (TPSA) is 55.1 Å². The van der Waals surface area contributed by atoms with Gasteiger partial charge in [-0.25, -0.2) is 0 Å². The van der Waals surface area contributed by atoms with E-state index in [1.807, 2.05) is 18.2 Å². The quantitative estimate of drug-likeness (QED) is 0.854. The maximum Gasteiger partial charge on any atom is 0.220 e. The second-order valence-corrected chi connectivity index (χ2v) is 3.74. The number of nitrogens with two attached hydrogens (primary N) is 1. The maximum atomic E-state index is 11.3. The third-order valence-corrected chi connectivity index (χ3v) is 2.22. The standard InChI is InChI=1S/C11H15ClN2O.ClH/c12-10-4-1-3-9(7-10)8-14-11(15)5-2-6-13;/h1,3-4,7H,2,5-6,8,13H2,(H,14,15);1H. The summed E-state index contributed by atoms with van der Waals surface area (Å²) >= 11 is 5.81. The van der Waals surface area contributed by atoms with Crippen molar-refractivity contribution in [3.8, 4) is 0 Å². The molecule has 0 saturated carbocycles. The second-order valence-electron chi connectivity index (χ2n) is 3.30. The van der Waals surface area contributed by atoms with E-state index >= 15 is 0 Å². The SMILES string of the molecule is Cl.NCCCC(=O)NCc1cccc(Cl)c1. The van der Waals surface area contributed by atoms with Crippen LogP contribution in [-0.2, 0) is 11.3 Å². The van der Waals surface area contributed by atoms with Crippen molar-refractivity contribution in [2.45, 2.75) is 19.4 Å². The van der Waals surface area contributed by atoms with Crippen molar-refractivity contribution >= 4 is 29.9 Å². The monoisotopic (exact) mass is 262 g/mol. The highest BCUT2D eigenvalue weighted by atomic mass is 35.5. The minimum atomic E-state index is 0. The van der Waals surface area contributed by atoms with Crippen LogP contribution in [0.3, 0.4) is 0 Å². The average Bonchev–Trinajstić information content (AvgIpc) is 2.23. The van der Waals surface area contributed by atoms with Gasteiger partial charge in [0, 0.05) is 18.0 Å². The van der Waals surface area contributed by atoms with Gasteiger partial charge < -0.3 is 11.1 Å². The van der Waals surface area contributed by atoms with Crippen molar-refractivity contribution in [2.75, 3.05) is 6.54 Å². The molecular weight excluding hydrogens is 247 g/mol. The number of hydrogen-bond donors (Lipinski definition) is 2. The Bertz CT molecular complexity index is 332. The fourth-order valence-corrected chi connectivity index (χ4v) is 1.41. The van der Waals surface area contributed by atoms with Gasteiger partial charge in [0.1, 0.15) is 0 Å². The van der Waals surface area contributed by atoms with Crippen LogP contribution in [0.25, 0.3) is 0 Å². The normalized spacial score (nSPS) is 9.38. The van der Waals surface area contributed by atoms with E-state index in [1.54, 1.807) is 6.07 Å². The zero-order chi connectivity index (χ0) is 11.1. The summed E-state index contributed by atoms with van der Waals surface area (Å²) in [5.41, 5.74) is 6.31. The van der Waals surface area contributed by atoms with E-state index in [2.05, 4.69) is 5.32 Å². The lowest BCUT2D eigenvalue weighted by atomic mass is 10.2. The summed E-state index contributed by atoms with van der Waals surface area (Å²) in [6, 6.07) is 7.44. The average molecular weight is 263 g/mol. The van der Waals surface area contributed by atoms with Crippen LogP contribution in [0.5, 0.6) is 0 Å². The molecule has 3 N–H and O–H groups in total. The van der Waals surface area contributed by atoms with E-state index in [1.165, 1.54) is 0 Å². The van der Waals surface area contributed by atoms with Gasteiger partial charge in [-0.15, -0.1) is 12.4 Å². The summed E-state index contributed by atoms with van der Waals surface area (Å²) in [4.78, 5) is 11.3. The van der Waals surface area contributed by atoms with E-state index in [-0.39, 0.29) is 18.3 Å². The van der Waals surface area contributed by atoms with Gasteiger partial charge in [-0.05, 0) is 30.7 Å². The Balaban J connectivity index is 0.00000225. The summed E-state index contributed by atoms with van der Waals surface area (Å²) in [5, 5.41) is 3.49. The number of carbonyl (C=O) groups excluding carboxylic acids is 1. The third-order valence-electron chi connectivity index (χ3n) is 1.99. The number of nitrogens with one attached hydrogen (secondary N) is 1. The first-order chi connectivity index (χ1) is 7.22. The second kappa shape index (κ2) is 8.39. The van der Waals surface area contributed by atoms with Gasteiger partial charge in [0.15, 0.2) is 0 Å². The van der Waals surface area contributed by atoms with Crippen molar-refractivity contribution in [1.29, 1.82) is 0 Å². The number of carbonyl (C=O) groups is 1. The van der Waals surface area contributed by atoms with Gasteiger partial charge in [0.05, 0.1) is 0 Å². The maximum absolute atomic E-state index is 11.3. The lowest BCUT2D eigenvalue weighted by molar-refractivity contribution is -0.121. The molecule has 0 aliphatic heterocycles. The van der Waals surface area contributed by atoms with Crippen molar-refractivity contribution in [1.82, 2.24) is 5.32 Å². The predicted octanol–water partition coefficient (Wildman–Crippen LogP) is 2.12. The molecule has 0 heterocycles. The van der Waals surface area contributed by atoms with Crippen molar-refractivity contribution < 1.29 is 4.79 Å².